The van der Waals surface area contributed by atoms with Gasteiger partial charge < -0.3 is 10.1 Å². The summed E-state index contributed by atoms with van der Waals surface area (Å²) in [5.41, 5.74) is 1.18. The van der Waals surface area contributed by atoms with E-state index in [2.05, 4.69) is 15.3 Å². The van der Waals surface area contributed by atoms with Gasteiger partial charge in [0.05, 0.1) is 4.92 Å². The third kappa shape index (κ3) is 3.25. The van der Waals surface area contributed by atoms with E-state index in [1.54, 1.807) is 38.2 Å². The number of nitro benzene ring substituents is 1. The molecule has 1 N–H and O–H groups in total. The summed E-state index contributed by atoms with van der Waals surface area (Å²) in [5, 5.41) is 14.1. The fourth-order valence-corrected chi connectivity index (χ4v) is 1.83. The first-order valence-electron chi connectivity index (χ1n) is 6.52. The Morgan fingerprint density at radius 3 is 2.76 bits per heavy atom. The highest BCUT2D eigenvalue weighted by Crippen LogP contribution is 2.34. The molecule has 1 heterocycles. The summed E-state index contributed by atoms with van der Waals surface area (Å²) >= 11 is 0. The van der Waals surface area contributed by atoms with Crippen LogP contribution in [0.5, 0.6) is 11.6 Å². The average molecular weight is 288 g/mol. The van der Waals surface area contributed by atoms with Gasteiger partial charge in [-0.05, 0) is 26.8 Å². The molecule has 0 fully saturated rings. The molecule has 0 amide bonds. The maximum absolute atomic E-state index is 11.2. The van der Waals surface area contributed by atoms with Crippen LogP contribution in [0.25, 0.3) is 0 Å². The van der Waals surface area contributed by atoms with Gasteiger partial charge in [0, 0.05) is 23.9 Å². The van der Waals surface area contributed by atoms with Crippen LogP contribution >= 0.6 is 0 Å². The van der Waals surface area contributed by atoms with Crippen molar-refractivity contribution < 1.29 is 9.66 Å². The SMILES string of the molecule is CCNc1ncc(C)c(Oc2cccc(C)c2[N+](=O)[O-])n1. The normalized spacial score (nSPS) is 10.2. The molecule has 2 rings (SSSR count). The molecule has 1 aromatic carbocycles. The second-order valence-electron chi connectivity index (χ2n) is 4.49. The van der Waals surface area contributed by atoms with Gasteiger partial charge in [0.1, 0.15) is 0 Å². The van der Waals surface area contributed by atoms with Crippen molar-refractivity contribution in [2.75, 3.05) is 11.9 Å². The summed E-state index contributed by atoms with van der Waals surface area (Å²) in [5.74, 6) is 0.896. The number of hydrogen-bond acceptors (Lipinski definition) is 6. The Hall–Kier alpha value is -2.70. The van der Waals surface area contributed by atoms with E-state index in [4.69, 9.17) is 4.74 Å². The van der Waals surface area contributed by atoms with E-state index in [-0.39, 0.29) is 11.4 Å². The maximum atomic E-state index is 11.2. The molecule has 0 aliphatic heterocycles. The largest absolute Gasteiger partial charge is 0.431 e. The molecule has 1 aromatic heterocycles. The van der Waals surface area contributed by atoms with Gasteiger partial charge in [-0.1, -0.05) is 12.1 Å². The molecular weight excluding hydrogens is 272 g/mol. The quantitative estimate of drug-likeness (QED) is 0.671. The van der Waals surface area contributed by atoms with Crippen LogP contribution in [-0.2, 0) is 0 Å². The first-order valence-corrected chi connectivity index (χ1v) is 6.52. The van der Waals surface area contributed by atoms with Crippen LogP contribution in [0.2, 0.25) is 0 Å². The van der Waals surface area contributed by atoms with E-state index >= 15 is 0 Å². The fourth-order valence-electron chi connectivity index (χ4n) is 1.83. The molecule has 0 aliphatic carbocycles. The molecule has 0 unspecified atom stereocenters. The molecule has 21 heavy (non-hydrogen) atoms. The van der Waals surface area contributed by atoms with Crippen LogP contribution in [0, 0.1) is 24.0 Å². The minimum atomic E-state index is -0.452. The van der Waals surface area contributed by atoms with Gasteiger partial charge >= 0.3 is 5.69 Å². The highest BCUT2D eigenvalue weighted by molar-refractivity contribution is 5.53. The summed E-state index contributed by atoms with van der Waals surface area (Å²) in [7, 11) is 0. The predicted molar refractivity (Wildman–Crippen MR) is 78.8 cm³/mol. The van der Waals surface area contributed by atoms with Crippen molar-refractivity contribution in [2.24, 2.45) is 0 Å². The van der Waals surface area contributed by atoms with E-state index in [9.17, 15) is 10.1 Å². The lowest BCUT2D eigenvalue weighted by Crippen LogP contribution is -2.04. The standard InChI is InChI=1S/C14H16N4O3/c1-4-15-14-16-8-10(3)13(17-14)21-11-7-5-6-9(2)12(11)18(19)20/h5-8H,4H2,1-3H3,(H,15,16,17). The van der Waals surface area contributed by atoms with Gasteiger partial charge in [-0.2, -0.15) is 4.98 Å². The Balaban J connectivity index is 2.41. The highest BCUT2D eigenvalue weighted by atomic mass is 16.6. The molecule has 0 saturated carbocycles. The molecular formula is C14H16N4O3. The molecule has 7 heteroatoms. The van der Waals surface area contributed by atoms with Gasteiger partial charge in [-0.3, -0.25) is 10.1 Å². The number of aromatic nitrogens is 2. The zero-order valence-electron chi connectivity index (χ0n) is 12.1. The van der Waals surface area contributed by atoms with Gasteiger partial charge in [0.25, 0.3) is 0 Å². The highest BCUT2D eigenvalue weighted by Gasteiger charge is 2.20. The lowest BCUT2D eigenvalue weighted by atomic mass is 10.2. The Morgan fingerprint density at radius 1 is 1.33 bits per heavy atom. The van der Waals surface area contributed by atoms with Crippen molar-refractivity contribution in [1.82, 2.24) is 9.97 Å². The van der Waals surface area contributed by atoms with E-state index in [1.165, 1.54) is 0 Å². The summed E-state index contributed by atoms with van der Waals surface area (Å²) < 4.78 is 5.64. The lowest BCUT2D eigenvalue weighted by Gasteiger charge is -2.10. The molecule has 0 bridgehead atoms. The van der Waals surface area contributed by atoms with Gasteiger partial charge in [0.15, 0.2) is 0 Å². The van der Waals surface area contributed by atoms with Crippen LogP contribution in [0.3, 0.4) is 0 Å². The lowest BCUT2D eigenvalue weighted by molar-refractivity contribution is -0.386. The van der Waals surface area contributed by atoms with E-state index < -0.39 is 4.92 Å². The van der Waals surface area contributed by atoms with Gasteiger partial charge in [-0.25, -0.2) is 4.98 Å². The van der Waals surface area contributed by atoms with Crippen molar-refractivity contribution in [2.45, 2.75) is 20.8 Å². The Bertz CT molecular complexity index is 673. The Labute approximate surface area is 122 Å². The number of rotatable bonds is 5. The van der Waals surface area contributed by atoms with Crippen LogP contribution in [-0.4, -0.2) is 21.4 Å². The minimum Gasteiger partial charge on any atom is -0.431 e. The Kier molecular flexibility index (Phi) is 4.32. The van der Waals surface area contributed by atoms with Crippen LogP contribution in [0.15, 0.2) is 24.4 Å². The van der Waals surface area contributed by atoms with Crippen molar-refractivity contribution in [3.8, 4) is 11.6 Å². The third-order valence-corrected chi connectivity index (χ3v) is 2.85. The zero-order valence-corrected chi connectivity index (χ0v) is 12.1. The van der Waals surface area contributed by atoms with Gasteiger partial charge in [0.2, 0.25) is 17.6 Å². The van der Waals surface area contributed by atoms with Crippen molar-refractivity contribution in [3.05, 3.63) is 45.6 Å². The summed E-state index contributed by atoms with van der Waals surface area (Å²) in [6.07, 6.45) is 1.61. The van der Waals surface area contributed by atoms with Crippen LogP contribution in [0.4, 0.5) is 11.6 Å². The average Bonchev–Trinajstić information content (AvgIpc) is 2.42. The second-order valence-corrected chi connectivity index (χ2v) is 4.49. The molecule has 7 nitrogen and oxygen atoms in total. The molecule has 2 aromatic rings. The number of ether oxygens (including phenoxy) is 1. The first kappa shape index (κ1) is 14.7. The van der Waals surface area contributed by atoms with Crippen LogP contribution < -0.4 is 10.1 Å². The number of nitro groups is 1. The fraction of sp³-hybridized carbons (Fsp3) is 0.286. The number of nitrogens with zero attached hydrogens (tertiary/aromatic N) is 3. The number of nitrogens with one attached hydrogen (secondary N) is 1. The third-order valence-electron chi connectivity index (χ3n) is 2.85. The molecule has 0 spiro atoms. The van der Waals surface area contributed by atoms with Crippen molar-refractivity contribution in [3.63, 3.8) is 0 Å². The smallest absolute Gasteiger partial charge is 0.314 e. The maximum Gasteiger partial charge on any atom is 0.314 e. The molecule has 0 saturated heterocycles. The number of anilines is 1. The molecule has 0 radical (unpaired) electrons. The van der Waals surface area contributed by atoms with E-state index in [1.807, 2.05) is 6.92 Å². The number of para-hydroxylation sites is 1. The number of aryl methyl sites for hydroxylation is 2. The topological polar surface area (TPSA) is 90.2 Å². The monoisotopic (exact) mass is 288 g/mol. The summed E-state index contributed by atoms with van der Waals surface area (Å²) in [6.45, 7) is 6.05. The van der Waals surface area contributed by atoms with E-state index in [0.717, 1.165) is 0 Å². The first-order chi connectivity index (χ1) is 10.0. The molecule has 0 atom stereocenters. The number of hydrogen-bond donors (Lipinski definition) is 1. The predicted octanol–water partition coefficient (Wildman–Crippen LogP) is 3.23. The summed E-state index contributed by atoms with van der Waals surface area (Å²) in [6, 6.07) is 4.93. The zero-order chi connectivity index (χ0) is 15.4. The van der Waals surface area contributed by atoms with Crippen molar-refractivity contribution >= 4 is 11.6 Å². The number of benzene rings is 1. The van der Waals surface area contributed by atoms with Crippen LogP contribution in [0.1, 0.15) is 18.1 Å². The Morgan fingerprint density at radius 2 is 2.10 bits per heavy atom. The molecule has 110 valence electrons. The minimum absolute atomic E-state index is 0.0551. The molecule has 0 aliphatic rings. The van der Waals surface area contributed by atoms with Crippen molar-refractivity contribution in [1.29, 1.82) is 0 Å². The van der Waals surface area contributed by atoms with Gasteiger partial charge in [-0.15, -0.1) is 0 Å². The second kappa shape index (κ2) is 6.17. The van der Waals surface area contributed by atoms with E-state index in [0.29, 0.717) is 29.5 Å². The summed E-state index contributed by atoms with van der Waals surface area (Å²) in [4.78, 5) is 19.0.